The van der Waals surface area contributed by atoms with Crippen LogP contribution in [0.15, 0.2) is 6.20 Å². The van der Waals surface area contributed by atoms with Crippen LogP contribution in [0, 0.1) is 5.92 Å². The van der Waals surface area contributed by atoms with Gasteiger partial charge in [0.1, 0.15) is 4.88 Å². The maximum Gasteiger partial charge on any atom is 0.265 e. The topological polar surface area (TPSA) is 79.5 Å². The second kappa shape index (κ2) is 6.01. The van der Waals surface area contributed by atoms with E-state index in [2.05, 4.69) is 4.98 Å². The van der Waals surface area contributed by atoms with Crippen LogP contribution in [0.2, 0.25) is 0 Å². The predicted molar refractivity (Wildman–Crippen MR) is 81.0 cm³/mol. The maximum atomic E-state index is 12.5. The Morgan fingerprint density at radius 2 is 1.90 bits per heavy atom. The van der Waals surface area contributed by atoms with E-state index in [-0.39, 0.29) is 17.7 Å². The summed E-state index contributed by atoms with van der Waals surface area (Å²) < 4.78 is 0. The van der Waals surface area contributed by atoms with Crippen LogP contribution >= 0.6 is 11.3 Å². The summed E-state index contributed by atoms with van der Waals surface area (Å²) in [5, 5.41) is 0.403. The molecule has 0 bridgehead atoms. The van der Waals surface area contributed by atoms with Crippen molar-refractivity contribution < 1.29 is 9.59 Å². The number of rotatable bonds is 2. The van der Waals surface area contributed by atoms with Gasteiger partial charge in [-0.05, 0) is 25.7 Å². The molecule has 2 fully saturated rings. The molecule has 2 aliphatic rings. The average molecular weight is 308 g/mol. The first-order valence-corrected chi connectivity index (χ1v) is 8.26. The molecule has 2 N–H and O–H groups in total. The van der Waals surface area contributed by atoms with Gasteiger partial charge in [0, 0.05) is 26.2 Å². The van der Waals surface area contributed by atoms with Crippen molar-refractivity contribution >= 4 is 28.3 Å². The number of nitrogen functional groups attached to an aromatic ring is 1. The molecule has 0 radical (unpaired) electrons. The lowest BCUT2D eigenvalue weighted by molar-refractivity contribution is -0.135. The van der Waals surface area contributed by atoms with Crippen LogP contribution in [0.3, 0.4) is 0 Å². The van der Waals surface area contributed by atoms with Crippen molar-refractivity contribution in [3.63, 3.8) is 0 Å². The van der Waals surface area contributed by atoms with E-state index in [1.807, 2.05) is 4.90 Å². The van der Waals surface area contributed by atoms with Gasteiger partial charge < -0.3 is 15.5 Å². The number of likely N-dealkylation sites (tertiary alicyclic amines) is 2. The minimum atomic E-state index is -0.0527. The third-order valence-corrected chi connectivity index (χ3v) is 5.02. The van der Waals surface area contributed by atoms with Crippen LogP contribution in [0.5, 0.6) is 0 Å². The Kier molecular flexibility index (Phi) is 4.10. The van der Waals surface area contributed by atoms with Gasteiger partial charge in [0.2, 0.25) is 5.91 Å². The average Bonchev–Trinajstić information content (AvgIpc) is 3.17. The zero-order valence-electron chi connectivity index (χ0n) is 12.0. The minimum absolute atomic E-state index is 0.0499. The summed E-state index contributed by atoms with van der Waals surface area (Å²) in [6.45, 7) is 2.97. The second-order valence-electron chi connectivity index (χ2n) is 5.69. The van der Waals surface area contributed by atoms with Crippen molar-refractivity contribution in [3.05, 3.63) is 11.1 Å². The Hall–Kier alpha value is -1.63. The molecule has 2 amide bonds. The molecule has 21 heavy (non-hydrogen) atoms. The number of carbonyl (C=O) groups is 2. The molecule has 7 heteroatoms. The molecular weight excluding hydrogens is 288 g/mol. The monoisotopic (exact) mass is 308 g/mol. The van der Waals surface area contributed by atoms with Gasteiger partial charge in [0.05, 0.1) is 12.1 Å². The van der Waals surface area contributed by atoms with Gasteiger partial charge in [-0.2, -0.15) is 0 Å². The van der Waals surface area contributed by atoms with Gasteiger partial charge >= 0.3 is 0 Å². The van der Waals surface area contributed by atoms with E-state index in [1.165, 1.54) is 17.5 Å². The zero-order chi connectivity index (χ0) is 14.8. The van der Waals surface area contributed by atoms with Gasteiger partial charge in [-0.3, -0.25) is 9.59 Å². The van der Waals surface area contributed by atoms with E-state index in [0.29, 0.717) is 23.1 Å². The molecular formula is C14H20N4O2S. The lowest BCUT2D eigenvalue weighted by Gasteiger charge is -2.33. The Bertz CT molecular complexity index is 539. The van der Waals surface area contributed by atoms with Crippen LogP contribution in [0.4, 0.5) is 5.13 Å². The van der Waals surface area contributed by atoms with Gasteiger partial charge in [0.15, 0.2) is 5.13 Å². The standard InChI is InChI=1S/C14H20N4O2S/c15-14-16-8-11(21-14)13(20)18-7-3-4-10(9-18)12(19)17-5-1-2-6-17/h8,10H,1-7,9H2,(H2,15,16)/t10-/m0/s1. The lowest BCUT2D eigenvalue weighted by Crippen LogP contribution is -2.46. The Morgan fingerprint density at radius 3 is 2.57 bits per heavy atom. The number of piperidine rings is 1. The summed E-state index contributed by atoms with van der Waals surface area (Å²) in [6.07, 6.45) is 5.48. The number of hydrogen-bond donors (Lipinski definition) is 1. The molecule has 3 rings (SSSR count). The van der Waals surface area contributed by atoms with Crippen LogP contribution < -0.4 is 5.73 Å². The first kappa shape index (κ1) is 14.3. The molecule has 1 atom stereocenters. The Morgan fingerprint density at radius 1 is 1.19 bits per heavy atom. The second-order valence-corrected chi connectivity index (χ2v) is 6.75. The molecule has 1 aromatic heterocycles. The highest BCUT2D eigenvalue weighted by atomic mass is 32.1. The van der Waals surface area contributed by atoms with E-state index in [9.17, 15) is 9.59 Å². The lowest BCUT2D eigenvalue weighted by atomic mass is 9.96. The van der Waals surface area contributed by atoms with Crippen LogP contribution in [0.1, 0.15) is 35.4 Å². The molecule has 0 spiro atoms. The SMILES string of the molecule is Nc1ncc(C(=O)N2CCC[C@H](C(=O)N3CCCC3)C2)s1. The number of anilines is 1. The molecule has 0 saturated carbocycles. The molecule has 0 aliphatic carbocycles. The maximum absolute atomic E-state index is 12.5. The number of aromatic nitrogens is 1. The fraction of sp³-hybridized carbons (Fsp3) is 0.643. The predicted octanol–water partition coefficient (Wildman–Crippen LogP) is 1.20. The summed E-state index contributed by atoms with van der Waals surface area (Å²) in [6, 6.07) is 0. The van der Waals surface area contributed by atoms with Crippen molar-refractivity contribution in [1.29, 1.82) is 0 Å². The van der Waals surface area contributed by atoms with Crippen molar-refractivity contribution in [3.8, 4) is 0 Å². The Labute approximate surface area is 127 Å². The summed E-state index contributed by atoms with van der Waals surface area (Å²) in [5.74, 6) is 0.114. The summed E-state index contributed by atoms with van der Waals surface area (Å²) >= 11 is 1.20. The molecule has 2 aliphatic heterocycles. The molecule has 0 aromatic carbocycles. The molecule has 114 valence electrons. The van der Waals surface area contributed by atoms with Gasteiger partial charge in [0.25, 0.3) is 5.91 Å². The van der Waals surface area contributed by atoms with Crippen molar-refractivity contribution in [2.75, 3.05) is 31.9 Å². The largest absolute Gasteiger partial charge is 0.375 e. The Balaban J connectivity index is 1.65. The van der Waals surface area contributed by atoms with Crippen LogP contribution in [-0.4, -0.2) is 52.8 Å². The normalized spacial score (nSPS) is 22.6. The number of amides is 2. The zero-order valence-corrected chi connectivity index (χ0v) is 12.8. The smallest absolute Gasteiger partial charge is 0.265 e. The third kappa shape index (κ3) is 3.02. The number of hydrogen-bond acceptors (Lipinski definition) is 5. The van der Waals surface area contributed by atoms with Crippen molar-refractivity contribution in [1.82, 2.24) is 14.8 Å². The first-order chi connectivity index (χ1) is 10.1. The number of nitrogens with zero attached hydrogens (tertiary/aromatic N) is 3. The van der Waals surface area contributed by atoms with Crippen LogP contribution in [-0.2, 0) is 4.79 Å². The van der Waals surface area contributed by atoms with E-state index in [0.717, 1.165) is 38.8 Å². The van der Waals surface area contributed by atoms with Gasteiger partial charge in [-0.1, -0.05) is 11.3 Å². The minimum Gasteiger partial charge on any atom is -0.375 e. The van der Waals surface area contributed by atoms with Crippen LogP contribution in [0.25, 0.3) is 0 Å². The van der Waals surface area contributed by atoms with Crippen molar-refractivity contribution in [2.45, 2.75) is 25.7 Å². The number of carbonyl (C=O) groups excluding carboxylic acids is 2. The highest BCUT2D eigenvalue weighted by molar-refractivity contribution is 7.17. The van der Waals surface area contributed by atoms with E-state index in [4.69, 9.17) is 5.73 Å². The fourth-order valence-corrected chi connectivity index (χ4v) is 3.75. The quantitative estimate of drug-likeness (QED) is 0.890. The van der Waals surface area contributed by atoms with Crippen molar-refractivity contribution in [2.24, 2.45) is 5.92 Å². The highest BCUT2D eigenvalue weighted by Gasteiger charge is 2.32. The third-order valence-electron chi connectivity index (χ3n) is 4.21. The molecule has 1 aromatic rings. The van der Waals surface area contributed by atoms with Gasteiger partial charge in [-0.15, -0.1) is 0 Å². The molecule has 0 unspecified atom stereocenters. The van der Waals surface area contributed by atoms with E-state index >= 15 is 0 Å². The first-order valence-electron chi connectivity index (χ1n) is 7.44. The summed E-state index contributed by atoms with van der Waals surface area (Å²) in [5.41, 5.74) is 5.58. The highest BCUT2D eigenvalue weighted by Crippen LogP contribution is 2.24. The molecule has 3 heterocycles. The summed E-state index contributed by atoms with van der Waals surface area (Å²) in [4.78, 5) is 33.1. The fourth-order valence-electron chi connectivity index (χ4n) is 3.10. The van der Waals surface area contributed by atoms with E-state index < -0.39 is 0 Å². The van der Waals surface area contributed by atoms with E-state index in [1.54, 1.807) is 4.90 Å². The molecule has 2 saturated heterocycles. The number of thiazole rings is 1. The number of nitrogens with two attached hydrogens (primary N) is 1. The molecule has 6 nitrogen and oxygen atoms in total. The van der Waals surface area contributed by atoms with Gasteiger partial charge in [-0.25, -0.2) is 4.98 Å². The summed E-state index contributed by atoms with van der Waals surface area (Å²) in [7, 11) is 0.